The van der Waals surface area contributed by atoms with E-state index in [9.17, 15) is 9.59 Å². The molecule has 1 amide bonds. The Hall–Kier alpha value is -5.80. The van der Waals surface area contributed by atoms with Gasteiger partial charge >= 0.3 is 0 Å². The van der Waals surface area contributed by atoms with Crippen molar-refractivity contribution in [2.45, 2.75) is 65.5 Å². The van der Waals surface area contributed by atoms with Gasteiger partial charge in [-0.15, -0.1) is 0 Å². The maximum absolute atomic E-state index is 13.9. The quantitative estimate of drug-likeness (QED) is 0.130. The van der Waals surface area contributed by atoms with Crippen LogP contribution in [-0.4, -0.2) is 48.3 Å². The summed E-state index contributed by atoms with van der Waals surface area (Å²) in [6.45, 7) is 8.82. The van der Waals surface area contributed by atoms with E-state index in [2.05, 4.69) is 43.5 Å². The number of nitrogen functional groups attached to an aromatic ring is 1. The maximum atomic E-state index is 13.9. The number of amides is 1. The van der Waals surface area contributed by atoms with Gasteiger partial charge in [0.05, 0.1) is 36.2 Å². The molecule has 5 atom stereocenters. The fourth-order valence-corrected chi connectivity index (χ4v) is 8.37. The molecule has 9 nitrogen and oxygen atoms in total. The summed E-state index contributed by atoms with van der Waals surface area (Å²) in [6, 6.07) is 23.6. The number of aliphatic imine (C=N–C) groups is 2. The molecular weight excluding hydrogens is 699 g/mol. The molecule has 0 bridgehead atoms. The standard InChI is InChI=1S/C47H49N5O4/c1-27-18-40-42(50-24-35-20-34(12-15-39(35)29(3)46(40)53)32-8-6-31(7-9-32)30(4)48)22-44(27)55-16-5-17-56-45-23-43-41(19-28(45)2)47(54)52-26-36(21-38(52)25-51-43)33-10-13-37(49)14-11-33/h6-14,18-19,22-26,29-30,35,38-39H,5,15-17,20-21,48-49H2,1-4H3. The first-order valence-corrected chi connectivity index (χ1v) is 19.7. The second kappa shape index (κ2) is 15.4. The molecule has 8 rings (SSSR count). The Kier molecular flexibility index (Phi) is 10.2. The van der Waals surface area contributed by atoms with Crippen LogP contribution in [0.2, 0.25) is 0 Å². The van der Waals surface area contributed by atoms with Gasteiger partial charge in [0.1, 0.15) is 11.5 Å². The van der Waals surface area contributed by atoms with Crippen molar-refractivity contribution >= 4 is 52.3 Å². The first kappa shape index (κ1) is 37.1. The van der Waals surface area contributed by atoms with E-state index in [1.165, 1.54) is 11.1 Å². The molecule has 0 radical (unpaired) electrons. The van der Waals surface area contributed by atoms with Crippen molar-refractivity contribution in [2.75, 3.05) is 18.9 Å². The zero-order valence-corrected chi connectivity index (χ0v) is 32.5. The molecule has 4 aliphatic rings. The molecule has 0 fully saturated rings. The smallest absolute Gasteiger partial charge is 0.260 e. The number of carbonyl (C=O) groups is 2. The van der Waals surface area contributed by atoms with Crippen LogP contribution < -0.4 is 20.9 Å². The Balaban J connectivity index is 0.898. The van der Waals surface area contributed by atoms with Crippen molar-refractivity contribution in [3.05, 3.63) is 124 Å². The number of nitrogens with two attached hydrogens (primary N) is 2. The first-order chi connectivity index (χ1) is 27.0. The summed E-state index contributed by atoms with van der Waals surface area (Å²) in [6.07, 6.45) is 11.1. The van der Waals surface area contributed by atoms with Crippen molar-refractivity contribution in [3.63, 3.8) is 0 Å². The van der Waals surface area contributed by atoms with Crippen molar-refractivity contribution in [1.29, 1.82) is 0 Å². The van der Waals surface area contributed by atoms with Gasteiger partial charge < -0.3 is 25.8 Å². The lowest BCUT2D eigenvalue weighted by atomic mass is 9.70. The van der Waals surface area contributed by atoms with E-state index >= 15 is 0 Å². The molecule has 4 aromatic rings. The largest absolute Gasteiger partial charge is 0.493 e. The van der Waals surface area contributed by atoms with Gasteiger partial charge in [-0.05, 0) is 103 Å². The number of fused-ring (bicyclic) bond motifs is 4. The fraction of sp³-hybridized carbons (Fsp3) is 0.319. The van der Waals surface area contributed by atoms with Crippen LogP contribution >= 0.6 is 0 Å². The van der Waals surface area contributed by atoms with Gasteiger partial charge in [0.15, 0.2) is 5.78 Å². The average molecular weight is 748 g/mol. The number of rotatable bonds is 9. The Morgan fingerprint density at radius 3 is 2.09 bits per heavy atom. The van der Waals surface area contributed by atoms with Crippen molar-refractivity contribution in [1.82, 2.24) is 4.90 Å². The van der Waals surface area contributed by atoms with Crippen LogP contribution in [0, 0.1) is 31.6 Å². The minimum atomic E-state index is -0.152. The molecular formula is C47H49N5O4. The molecule has 3 aliphatic heterocycles. The number of hydrogen-bond donors (Lipinski definition) is 2. The second-order valence-electron chi connectivity index (χ2n) is 15.7. The monoisotopic (exact) mass is 747 g/mol. The Bertz CT molecular complexity index is 2300. The molecule has 4 N–H and O–H groups in total. The summed E-state index contributed by atoms with van der Waals surface area (Å²) in [4.78, 5) is 39.0. The maximum Gasteiger partial charge on any atom is 0.260 e. The van der Waals surface area contributed by atoms with Gasteiger partial charge in [0.2, 0.25) is 0 Å². The second-order valence-corrected chi connectivity index (χ2v) is 15.7. The highest BCUT2D eigenvalue weighted by molar-refractivity contribution is 6.05. The summed E-state index contributed by atoms with van der Waals surface area (Å²) < 4.78 is 12.5. The molecule has 286 valence electrons. The van der Waals surface area contributed by atoms with Crippen LogP contribution in [0.1, 0.15) is 94.1 Å². The molecule has 1 aliphatic carbocycles. The van der Waals surface area contributed by atoms with Crippen LogP contribution in [0.25, 0.3) is 11.1 Å². The number of aryl methyl sites for hydroxylation is 2. The van der Waals surface area contributed by atoms with E-state index in [4.69, 9.17) is 30.9 Å². The summed E-state index contributed by atoms with van der Waals surface area (Å²) in [5.41, 5.74) is 22.6. The molecule has 3 heterocycles. The van der Waals surface area contributed by atoms with Gasteiger partial charge in [-0.25, -0.2) is 0 Å². The van der Waals surface area contributed by atoms with Gasteiger partial charge in [0, 0.05) is 72.7 Å². The predicted octanol–water partition coefficient (Wildman–Crippen LogP) is 9.37. The first-order valence-electron chi connectivity index (χ1n) is 19.7. The Labute approximate surface area is 328 Å². The summed E-state index contributed by atoms with van der Waals surface area (Å²) in [7, 11) is 0. The van der Waals surface area contributed by atoms with Crippen LogP contribution in [0.15, 0.2) is 95.1 Å². The lowest BCUT2D eigenvalue weighted by molar-refractivity contribution is 0.0816. The fourth-order valence-electron chi connectivity index (χ4n) is 8.37. The molecule has 0 saturated carbocycles. The lowest BCUT2D eigenvalue weighted by Gasteiger charge is -2.34. The minimum Gasteiger partial charge on any atom is -0.493 e. The summed E-state index contributed by atoms with van der Waals surface area (Å²) >= 11 is 0. The van der Waals surface area contributed by atoms with Crippen molar-refractivity contribution in [3.8, 4) is 11.5 Å². The molecule has 9 heteroatoms. The van der Waals surface area contributed by atoms with Crippen molar-refractivity contribution < 1.29 is 19.1 Å². The Morgan fingerprint density at radius 2 is 1.41 bits per heavy atom. The molecule has 0 spiro atoms. The number of hydrogen-bond acceptors (Lipinski definition) is 8. The zero-order chi connectivity index (χ0) is 39.1. The number of benzene rings is 4. The van der Waals surface area contributed by atoms with Crippen LogP contribution in [0.5, 0.6) is 11.5 Å². The highest BCUT2D eigenvalue weighted by Gasteiger charge is 2.36. The lowest BCUT2D eigenvalue weighted by Crippen LogP contribution is -2.32. The molecule has 56 heavy (non-hydrogen) atoms. The number of Topliss-reactive ketones (excluding diaryl/α,β-unsaturated/α-hetero) is 1. The van der Waals surface area contributed by atoms with E-state index in [-0.39, 0.29) is 41.5 Å². The van der Waals surface area contributed by atoms with Crippen LogP contribution in [0.4, 0.5) is 17.1 Å². The van der Waals surface area contributed by atoms with E-state index in [0.717, 1.165) is 40.7 Å². The van der Waals surface area contributed by atoms with E-state index < -0.39 is 0 Å². The number of nitrogens with zero attached hydrogens (tertiary/aromatic N) is 3. The number of ether oxygens (including phenoxy) is 2. The number of anilines is 1. The van der Waals surface area contributed by atoms with Gasteiger partial charge in [0.25, 0.3) is 5.91 Å². The molecule has 0 aromatic heterocycles. The highest BCUT2D eigenvalue weighted by Crippen LogP contribution is 2.43. The topological polar surface area (TPSA) is 133 Å². The summed E-state index contributed by atoms with van der Waals surface area (Å²) in [5.74, 6) is 1.67. The predicted molar refractivity (Wildman–Crippen MR) is 224 cm³/mol. The van der Waals surface area contributed by atoms with E-state index in [0.29, 0.717) is 65.7 Å². The molecule has 0 saturated heterocycles. The third kappa shape index (κ3) is 7.31. The zero-order valence-electron chi connectivity index (χ0n) is 32.5. The van der Waals surface area contributed by atoms with E-state index in [1.807, 2.05) is 81.7 Å². The highest BCUT2D eigenvalue weighted by atomic mass is 16.5. The van der Waals surface area contributed by atoms with Crippen molar-refractivity contribution in [2.24, 2.45) is 33.5 Å². The third-order valence-electron chi connectivity index (χ3n) is 11.8. The van der Waals surface area contributed by atoms with Gasteiger partial charge in [-0.2, -0.15) is 0 Å². The van der Waals surface area contributed by atoms with Crippen LogP contribution in [-0.2, 0) is 0 Å². The average Bonchev–Trinajstić information content (AvgIpc) is 3.59. The summed E-state index contributed by atoms with van der Waals surface area (Å²) in [5, 5.41) is 0. The number of ketones is 1. The number of carbonyl (C=O) groups excluding carboxylic acids is 2. The third-order valence-corrected chi connectivity index (χ3v) is 11.8. The Morgan fingerprint density at radius 1 is 0.804 bits per heavy atom. The minimum absolute atomic E-state index is 0.00246. The normalized spacial score (nSPS) is 21.8. The van der Waals surface area contributed by atoms with Crippen LogP contribution in [0.3, 0.4) is 0 Å². The molecule has 5 unspecified atom stereocenters. The number of allylic oxidation sites excluding steroid dienone is 2. The molecule has 4 aromatic carbocycles. The van der Waals surface area contributed by atoms with E-state index in [1.54, 1.807) is 4.90 Å². The SMILES string of the molecule is Cc1cc2c(cc1OCCCOc1cc3c(cc1C)C(=O)N1C=C(c4ccc(N)cc4)CC1C=N3)N=CC1CC(c3ccc(C(C)N)cc3)=CCC1C(C)C2=O. The van der Waals surface area contributed by atoms with Gasteiger partial charge in [-0.1, -0.05) is 49.4 Å². The van der Waals surface area contributed by atoms with Gasteiger partial charge in [-0.3, -0.25) is 19.6 Å².